The van der Waals surface area contributed by atoms with Crippen molar-refractivity contribution in [1.29, 1.82) is 0 Å². The van der Waals surface area contributed by atoms with Crippen molar-refractivity contribution in [2.75, 3.05) is 13.7 Å². The van der Waals surface area contributed by atoms with Gasteiger partial charge in [-0.3, -0.25) is 0 Å². The number of hydrogen-bond donors (Lipinski definition) is 1. The molecule has 0 atom stereocenters. The SMILES string of the molecule is COc1ccc(CCN)c(OCc2cc(Br)cs2)c1. The summed E-state index contributed by atoms with van der Waals surface area (Å²) in [7, 11) is 1.65. The number of nitrogens with two attached hydrogens (primary N) is 1. The number of halogens is 1. The number of hydrogen-bond acceptors (Lipinski definition) is 4. The third kappa shape index (κ3) is 3.96. The van der Waals surface area contributed by atoms with E-state index in [0.29, 0.717) is 13.2 Å². The maximum absolute atomic E-state index is 5.89. The first-order chi connectivity index (χ1) is 9.22. The predicted octanol–water partition coefficient (Wildman–Crippen LogP) is 3.60. The van der Waals surface area contributed by atoms with Gasteiger partial charge in [0.15, 0.2) is 0 Å². The molecular formula is C14H16BrNO2S. The smallest absolute Gasteiger partial charge is 0.126 e. The molecule has 2 aromatic rings. The van der Waals surface area contributed by atoms with Crippen molar-refractivity contribution in [3.8, 4) is 11.5 Å². The second-order valence-electron chi connectivity index (χ2n) is 4.03. The second-order valence-corrected chi connectivity index (χ2v) is 5.94. The van der Waals surface area contributed by atoms with Crippen molar-refractivity contribution in [3.63, 3.8) is 0 Å². The van der Waals surface area contributed by atoms with Crippen LogP contribution in [0.15, 0.2) is 34.1 Å². The molecule has 2 N–H and O–H groups in total. The van der Waals surface area contributed by atoms with E-state index in [4.69, 9.17) is 15.2 Å². The van der Waals surface area contributed by atoms with Crippen LogP contribution in [0.25, 0.3) is 0 Å². The highest BCUT2D eigenvalue weighted by Gasteiger charge is 2.07. The Balaban J connectivity index is 2.12. The molecular weight excluding hydrogens is 326 g/mol. The lowest BCUT2D eigenvalue weighted by Crippen LogP contribution is -2.05. The van der Waals surface area contributed by atoms with Crippen LogP contribution in [0.2, 0.25) is 0 Å². The lowest BCUT2D eigenvalue weighted by atomic mass is 10.1. The largest absolute Gasteiger partial charge is 0.497 e. The fourth-order valence-corrected chi connectivity index (χ4v) is 3.10. The van der Waals surface area contributed by atoms with E-state index in [-0.39, 0.29) is 0 Å². The maximum Gasteiger partial charge on any atom is 0.126 e. The summed E-state index contributed by atoms with van der Waals surface area (Å²) in [4.78, 5) is 1.17. The molecule has 1 aromatic carbocycles. The molecule has 1 heterocycles. The van der Waals surface area contributed by atoms with Gasteiger partial charge in [0.25, 0.3) is 0 Å². The molecule has 0 aliphatic carbocycles. The van der Waals surface area contributed by atoms with E-state index >= 15 is 0 Å². The average Bonchev–Trinajstić information content (AvgIpc) is 2.83. The molecule has 0 aliphatic heterocycles. The Morgan fingerprint density at radius 3 is 2.79 bits per heavy atom. The fourth-order valence-electron chi connectivity index (χ4n) is 1.74. The second kappa shape index (κ2) is 6.93. The van der Waals surface area contributed by atoms with Gasteiger partial charge in [-0.05, 0) is 46.6 Å². The Morgan fingerprint density at radius 2 is 2.16 bits per heavy atom. The first-order valence-corrected chi connectivity index (χ1v) is 7.63. The zero-order valence-electron chi connectivity index (χ0n) is 10.7. The van der Waals surface area contributed by atoms with Gasteiger partial charge in [0.2, 0.25) is 0 Å². The first-order valence-electron chi connectivity index (χ1n) is 5.95. The van der Waals surface area contributed by atoms with Gasteiger partial charge in [-0.2, -0.15) is 0 Å². The minimum absolute atomic E-state index is 0.557. The molecule has 0 bridgehead atoms. The van der Waals surface area contributed by atoms with Gasteiger partial charge in [0.1, 0.15) is 18.1 Å². The van der Waals surface area contributed by atoms with Crippen LogP contribution >= 0.6 is 27.3 Å². The van der Waals surface area contributed by atoms with Gasteiger partial charge in [-0.15, -0.1) is 11.3 Å². The van der Waals surface area contributed by atoms with E-state index in [9.17, 15) is 0 Å². The number of rotatable bonds is 6. The van der Waals surface area contributed by atoms with Crippen LogP contribution in [0.5, 0.6) is 11.5 Å². The third-order valence-corrected chi connectivity index (χ3v) is 4.35. The van der Waals surface area contributed by atoms with Crippen LogP contribution in [0, 0.1) is 0 Å². The van der Waals surface area contributed by atoms with Gasteiger partial charge < -0.3 is 15.2 Å². The molecule has 2 rings (SSSR count). The van der Waals surface area contributed by atoms with E-state index in [1.165, 1.54) is 4.88 Å². The van der Waals surface area contributed by atoms with Crippen LogP contribution in [-0.2, 0) is 13.0 Å². The minimum Gasteiger partial charge on any atom is -0.497 e. The minimum atomic E-state index is 0.557. The van der Waals surface area contributed by atoms with Gasteiger partial charge in [0.05, 0.1) is 7.11 Å². The Morgan fingerprint density at radius 1 is 1.32 bits per heavy atom. The summed E-state index contributed by atoms with van der Waals surface area (Å²) in [6, 6.07) is 7.91. The lowest BCUT2D eigenvalue weighted by Gasteiger charge is -2.12. The summed E-state index contributed by atoms with van der Waals surface area (Å²) < 4.78 is 12.2. The number of methoxy groups -OCH3 is 1. The van der Waals surface area contributed by atoms with Crippen LogP contribution in [0.3, 0.4) is 0 Å². The van der Waals surface area contributed by atoms with E-state index < -0.39 is 0 Å². The third-order valence-electron chi connectivity index (χ3n) is 2.68. The standard InChI is InChI=1S/C14H16BrNO2S/c1-17-12-3-2-10(4-5-16)14(7-12)18-8-13-6-11(15)9-19-13/h2-3,6-7,9H,4-5,8,16H2,1H3. The van der Waals surface area contributed by atoms with Crippen molar-refractivity contribution in [1.82, 2.24) is 0 Å². The Labute approximate surface area is 125 Å². The van der Waals surface area contributed by atoms with Crippen molar-refractivity contribution in [2.45, 2.75) is 13.0 Å². The Bertz CT molecular complexity index is 542. The zero-order valence-corrected chi connectivity index (χ0v) is 13.1. The Kier molecular flexibility index (Phi) is 5.24. The van der Waals surface area contributed by atoms with Crippen LogP contribution < -0.4 is 15.2 Å². The quantitative estimate of drug-likeness (QED) is 0.872. The van der Waals surface area contributed by atoms with E-state index in [2.05, 4.69) is 22.0 Å². The normalized spacial score (nSPS) is 10.5. The summed E-state index contributed by atoms with van der Waals surface area (Å²) in [5, 5.41) is 2.05. The molecule has 0 fully saturated rings. The van der Waals surface area contributed by atoms with Crippen molar-refractivity contribution in [2.24, 2.45) is 5.73 Å². The van der Waals surface area contributed by atoms with E-state index in [1.807, 2.05) is 23.6 Å². The summed E-state index contributed by atoms with van der Waals surface area (Å²) in [6.45, 7) is 1.16. The highest BCUT2D eigenvalue weighted by molar-refractivity contribution is 9.10. The number of ether oxygens (including phenoxy) is 2. The first kappa shape index (κ1) is 14.4. The molecule has 5 heteroatoms. The van der Waals surface area contributed by atoms with Gasteiger partial charge in [0, 0.05) is 20.8 Å². The molecule has 19 heavy (non-hydrogen) atoms. The highest BCUT2D eigenvalue weighted by Crippen LogP contribution is 2.27. The van der Waals surface area contributed by atoms with E-state index in [1.54, 1.807) is 18.4 Å². The molecule has 1 aromatic heterocycles. The zero-order chi connectivity index (χ0) is 13.7. The number of benzene rings is 1. The summed E-state index contributed by atoms with van der Waals surface area (Å²) in [5.74, 6) is 1.64. The van der Waals surface area contributed by atoms with Crippen molar-refractivity contribution in [3.05, 3.63) is 44.6 Å². The van der Waals surface area contributed by atoms with Gasteiger partial charge in [-0.25, -0.2) is 0 Å². The molecule has 3 nitrogen and oxygen atoms in total. The predicted molar refractivity (Wildman–Crippen MR) is 82.1 cm³/mol. The molecule has 0 spiro atoms. The molecule has 0 radical (unpaired) electrons. The van der Waals surface area contributed by atoms with E-state index in [0.717, 1.165) is 28.0 Å². The van der Waals surface area contributed by atoms with Crippen LogP contribution in [0.1, 0.15) is 10.4 Å². The molecule has 0 saturated heterocycles. The van der Waals surface area contributed by atoms with Crippen molar-refractivity contribution >= 4 is 27.3 Å². The summed E-state index contributed by atoms with van der Waals surface area (Å²) in [5.41, 5.74) is 6.73. The van der Waals surface area contributed by atoms with Crippen molar-refractivity contribution < 1.29 is 9.47 Å². The van der Waals surface area contributed by atoms with Crippen LogP contribution in [0.4, 0.5) is 0 Å². The fraction of sp³-hybridized carbons (Fsp3) is 0.286. The molecule has 0 amide bonds. The Hall–Kier alpha value is -1.04. The maximum atomic E-state index is 5.89. The lowest BCUT2D eigenvalue weighted by molar-refractivity contribution is 0.304. The summed E-state index contributed by atoms with van der Waals surface area (Å²) in [6.07, 6.45) is 0.799. The van der Waals surface area contributed by atoms with Gasteiger partial charge >= 0.3 is 0 Å². The van der Waals surface area contributed by atoms with Gasteiger partial charge in [-0.1, -0.05) is 6.07 Å². The molecule has 0 aliphatic rings. The monoisotopic (exact) mass is 341 g/mol. The summed E-state index contributed by atoms with van der Waals surface area (Å²) >= 11 is 5.11. The topological polar surface area (TPSA) is 44.5 Å². The molecule has 0 saturated carbocycles. The molecule has 0 unspecified atom stereocenters. The highest BCUT2D eigenvalue weighted by atomic mass is 79.9. The molecule has 102 valence electrons. The average molecular weight is 342 g/mol. The van der Waals surface area contributed by atoms with Crippen LogP contribution in [-0.4, -0.2) is 13.7 Å². The number of thiophene rings is 1.